The molecule has 1 fully saturated rings. The van der Waals surface area contributed by atoms with E-state index in [9.17, 15) is 18.9 Å². The molecule has 0 aromatic heterocycles. The number of phenols is 1. The minimum absolute atomic E-state index is 0.120. The van der Waals surface area contributed by atoms with Crippen LogP contribution < -0.4 is 10.6 Å². The van der Waals surface area contributed by atoms with Crippen molar-refractivity contribution in [2.75, 3.05) is 18.6 Å². The molecule has 3 rings (SSSR count). The maximum absolute atomic E-state index is 13.3. The molecule has 0 spiro atoms. The van der Waals surface area contributed by atoms with Gasteiger partial charge in [-0.25, -0.2) is 0 Å². The van der Waals surface area contributed by atoms with E-state index in [4.69, 9.17) is 0 Å². The molecule has 1 aliphatic carbocycles. The Balaban J connectivity index is 1.60. The van der Waals surface area contributed by atoms with Crippen LogP contribution >= 0.6 is 0 Å². The van der Waals surface area contributed by atoms with Crippen LogP contribution in [0.1, 0.15) is 47.9 Å². The molecule has 7 heteroatoms. The van der Waals surface area contributed by atoms with Crippen molar-refractivity contribution in [3.05, 3.63) is 64.7 Å². The lowest BCUT2D eigenvalue weighted by Gasteiger charge is -2.23. The molecular formula is C27H36N2O4S. The number of carbonyl (C=O) groups excluding carboxylic acids is 2. The molecule has 1 saturated carbocycles. The highest BCUT2D eigenvalue weighted by atomic mass is 32.2. The zero-order valence-corrected chi connectivity index (χ0v) is 21.2. The first kappa shape index (κ1) is 25.9. The van der Waals surface area contributed by atoms with Crippen LogP contribution in [0.3, 0.4) is 0 Å². The van der Waals surface area contributed by atoms with Crippen molar-refractivity contribution < 1.29 is 18.9 Å². The number of benzene rings is 2. The average molecular weight is 485 g/mol. The first-order valence-corrected chi connectivity index (χ1v) is 13.6. The van der Waals surface area contributed by atoms with Crippen molar-refractivity contribution in [1.29, 1.82) is 0 Å². The summed E-state index contributed by atoms with van der Waals surface area (Å²) >= 11 is 0. The Morgan fingerprint density at radius 2 is 1.76 bits per heavy atom. The molecule has 2 aromatic rings. The molecule has 2 amide bonds. The van der Waals surface area contributed by atoms with Crippen LogP contribution in [0, 0.1) is 19.3 Å². The topological polar surface area (TPSA) is 95.5 Å². The van der Waals surface area contributed by atoms with Crippen molar-refractivity contribution in [2.24, 2.45) is 5.41 Å². The summed E-state index contributed by atoms with van der Waals surface area (Å²) in [5.41, 5.74) is 3.70. The second kappa shape index (κ2) is 11.6. The lowest BCUT2D eigenvalue weighted by Crippen LogP contribution is -2.50. The Morgan fingerprint density at radius 3 is 2.35 bits per heavy atom. The smallest absolute Gasteiger partial charge is 0.242 e. The largest absolute Gasteiger partial charge is 0.508 e. The van der Waals surface area contributed by atoms with Gasteiger partial charge in [-0.05, 0) is 86.8 Å². The molecule has 0 aliphatic heterocycles. The number of hydrogen-bond acceptors (Lipinski definition) is 4. The van der Waals surface area contributed by atoms with Crippen LogP contribution in [0.15, 0.2) is 42.5 Å². The van der Waals surface area contributed by atoms with Crippen LogP contribution in [0.25, 0.3) is 0 Å². The third-order valence-electron chi connectivity index (χ3n) is 6.63. The second-order valence-electron chi connectivity index (χ2n) is 9.49. The first-order chi connectivity index (χ1) is 16.2. The van der Waals surface area contributed by atoms with E-state index in [0.29, 0.717) is 25.1 Å². The van der Waals surface area contributed by atoms with Gasteiger partial charge in [0, 0.05) is 29.4 Å². The van der Waals surface area contributed by atoms with E-state index in [1.54, 1.807) is 18.4 Å². The van der Waals surface area contributed by atoms with Crippen LogP contribution in [-0.4, -0.2) is 45.7 Å². The van der Waals surface area contributed by atoms with Crippen LogP contribution in [0.5, 0.6) is 5.75 Å². The zero-order chi connectivity index (χ0) is 24.7. The summed E-state index contributed by atoms with van der Waals surface area (Å²) in [6.07, 6.45) is 5.74. The molecule has 1 aliphatic rings. The lowest BCUT2D eigenvalue weighted by atomic mass is 9.89. The molecule has 34 heavy (non-hydrogen) atoms. The van der Waals surface area contributed by atoms with Gasteiger partial charge in [-0.3, -0.25) is 13.8 Å². The minimum atomic E-state index is -1.05. The predicted octanol–water partition coefficient (Wildman–Crippen LogP) is 3.33. The van der Waals surface area contributed by atoms with Crippen molar-refractivity contribution in [1.82, 2.24) is 10.6 Å². The van der Waals surface area contributed by atoms with E-state index in [-0.39, 0.29) is 17.6 Å². The highest BCUT2D eigenvalue weighted by Crippen LogP contribution is 2.49. The first-order valence-electron chi connectivity index (χ1n) is 11.9. The Hall–Kier alpha value is -2.67. The van der Waals surface area contributed by atoms with Gasteiger partial charge in [-0.1, -0.05) is 30.3 Å². The highest BCUT2D eigenvalue weighted by Gasteiger charge is 2.50. The minimum Gasteiger partial charge on any atom is -0.508 e. The van der Waals surface area contributed by atoms with E-state index >= 15 is 0 Å². The standard InChI is InChI=1S/C27H36N2O4S/c1-19-16-22(30)17-20(2)23(19)18-27(12-13-27)26(32)29-24(11-15-34(3)33)25(31)28-14-7-10-21-8-5-4-6-9-21/h4-6,8-9,16-17,24,30H,7,10-15,18H2,1-3H3,(H,28,31)(H,29,32)/t24-,34?/m1/s1. The van der Waals surface area contributed by atoms with E-state index < -0.39 is 22.3 Å². The van der Waals surface area contributed by atoms with E-state index in [1.807, 2.05) is 32.0 Å². The fourth-order valence-electron chi connectivity index (χ4n) is 4.36. The van der Waals surface area contributed by atoms with Crippen molar-refractivity contribution in [3.8, 4) is 5.75 Å². The predicted molar refractivity (Wildman–Crippen MR) is 136 cm³/mol. The molecule has 1 unspecified atom stereocenters. The van der Waals surface area contributed by atoms with Crippen molar-refractivity contribution in [3.63, 3.8) is 0 Å². The van der Waals surface area contributed by atoms with Gasteiger partial charge in [0.15, 0.2) is 0 Å². The molecule has 3 N–H and O–H groups in total. The Kier molecular flexibility index (Phi) is 8.89. The number of aromatic hydroxyl groups is 1. The van der Waals surface area contributed by atoms with Crippen molar-refractivity contribution >= 4 is 22.6 Å². The molecule has 0 bridgehead atoms. The Labute approximate surface area is 205 Å². The van der Waals surface area contributed by atoms with E-state index in [0.717, 1.165) is 42.4 Å². The van der Waals surface area contributed by atoms with Gasteiger partial charge in [0.2, 0.25) is 11.8 Å². The molecule has 0 heterocycles. The van der Waals surface area contributed by atoms with Gasteiger partial charge in [-0.2, -0.15) is 0 Å². The number of amides is 2. The van der Waals surface area contributed by atoms with Crippen LogP contribution in [0.2, 0.25) is 0 Å². The molecule has 184 valence electrons. The Bertz CT molecular complexity index is 1010. The van der Waals surface area contributed by atoms with Gasteiger partial charge in [0.1, 0.15) is 11.8 Å². The molecule has 0 radical (unpaired) electrons. The molecule has 0 saturated heterocycles. The Morgan fingerprint density at radius 1 is 1.12 bits per heavy atom. The summed E-state index contributed by atoms with van der Waals surface area (Å²) in [5.74, 6) is 0.237. The van der Waals surface area contributed by atoms with Crippen molar-refractivity contribution in [2.45, 2.75) is 58.4 Å². The normalized spacial score (nSPS) is 15.9. The molecule has 2 aromatic carbocycles. The number of carbonyl (C=O) groups is 2. The molecular weight excluding hydrogens is 448 g/mol. The second-order valence-corrected chi connectivity index (χ2v) is 11.0. The van der Waals surface area contributed by atoms with E-state index in [2.05, 4.69) is 22.8 Å². The summed E-state index contributed by atoms with van der Waals surface area (Å²) in [5, 5.41) is 15.7. The third-order valence-corrected chi connectivity index (χ3v) is 7.44. The lowest BCUT2D eigenvalue weighted by molar-refractivity contribution is -0.132. The number of aryl methyl sites for hydroxylation is 3. The number of nitrogens with one attached hydrogen (secondary N) is 2. The highest BCUT2D eigenvalue weighted by molar-refractivity contribution is 7.84. The van der Waals surface area contributed by atoms with Gasteiger partial charge in [-0.15, -0.1) is 0 Å². The molecule has 6 nitrogen and oxygen atoms in total. The third kappa shape index (κ3) is 7.16. The van der Waals surface area contributed by atoms with Gasteiger partial charge in [0.05, 0.1) is 5.41 Å². The molecule has 2 atom stereocenters. The maximum atomic E-state index is 13.3. The maximum Gasteiger partial charge on any atom is 0.242 e. The van der Waals surface area contributed by atoms with Gasteiger partial charge in [0.25, 0.3) is 0 Å². The number of phenolic OH excluding ortho intramolecular Hbond substituents is 1. The fourth-order valence-corrected chi connectivity index (χ4v) is 4.93. The average Bonchev–Trinajstić information content (AvgIpc) is 3.58. The van der Waals surface area contributed by atoms with E-state index in [1.165, 1.54) is 5.56 Å². The van der Waals surface area contributed by atoms with Crippen LogP contribution in [-0.2, 0) is 33.2 Å². The number of hydrogen-bond donors (Lipinski definition) is 3. The fraction of sp³-hybridized carbons (Fsp3) is 0.481. The summed E-state index contributed by atoms with van der Waals surface area (Å²) in [7, 11) is -1.05. The monoisotopic (exact) mass is 484 g/mol. The number of rotatable bonds is 12. The van der Waals surface area contributed by atoms with Crippen LogP contribution in [0.4, 0.5) is 0 Å². The summed E-state index contributed by atoms with van der Waals surface area (Å²) in [6.45, 7) is 4.41. The SMILES string of the molecule is Cc1cc(O)cc(C)c1CC1(C(=O)N[C@H](CCS(C)=O)C(=O)NCCCc2ccccc2)CC1. The summed E-state index contributed by atoms with van der Waals surface area (Å²) < 4.78 is 11.7. The summed E-state index contributed by atoms with van der Waals surface area (Å²) in [4.78, 5) is 26.2. The quantitative estimate of drug-likeness (QED) is 0.403. The van der Waals surface area contributed by atoms with Gasteiger partial charge < -0.3 is 15.7 Å². The van der Waals surface area contributed by atoms with Gasteiger partial charge >= 0.3 is 0 Å². The summed E-state index contributed by atoms with van der Waals surface area (Å²) in [6, 6.07) is 12.8. The zero-order valence-electron chi connectivity index (χ0n) is 20.4.